The quantitative estimate of drug-likeness (QED) is 0.343. The van der Waals surface area contributed by atoms with Crippen LogP contribution in [0.15, 0.2) is 0 Å². The maximum Gasteiger partial charge on any atom is 0.307 e. The van der Waals surface area contributed by atoms with Crippen LogP contribution in [0.25, 0.3) is 0 Å². The molecule has 0 saturated carbocycles. The summed E-state index contributed by atoms with van der Waals surface area (Å²) in [5.41, 5.74) is 0. The van der Waals surface area contributed by atoms with Gasteiger partial charge in [-0.1, -0.05) is 0 Å². The van der Waals surface area contributed by atoms with Gasteiger partial charge in [0.1, 0.15) is 0 Å². The number of hydrogen-bond donors (Lipinski definition) is 2. The number of rotatable bonds is 8. The number of ether oxygens (including phenoxy) is 1. The van der Waals surface area contributed by atoms with Gasteiger partial charge >= 0.3 is 5.97 Å². The number of esters is 1. The molecule has 6 nitrogen and oxygen atoms in total. The third kappa shape index (κ3) is 5.97. The minimum absolute atomic E-state index is 0.139. The molecule has 1 fully saturated rings. The Balaban J connectivity index is 2.19. The lowest BCUT2D eigenvalue weighted by atomic mass is 10.1. The smallest absolute Gasteiger partial charge is 0.307 e. The SMILES string of the molecule is CCOC(=O)CC1CN(CCCNC=O)CCN1. The number of nitrogens with one attached hydrogen (secondary N) is 2. The van der Waals surface area contributed by atoms with Gasteiger partial charge in [-0.2, -0.15) is 0 Å². The van der Waals surface area contributed by atoms with Gasteiger partial charge in [-0.3, -0.25) is 9.59 Å². The van der Waals surface area contributed by atoms with Crippen LogP contribution in [-0.2, 0) is 14.3 Å². The lowest BCUT2D eigenvalue weighted by Crippen LogP contribution is -2.51. The van der Waals surface area contributed by atoms with E-state index in [9.17, 15) is 9.59 Å². The van der Waals surface area contributed by atoms with Crippen LogP contribution in [0, 0.1) is 0 Å². The second kappa shape index (κ2) is 8.88. The van der Waals surface area contributed by atoms with Crippen molar-refractivity contribution in [3.8, 4) is 0 Å². The number of amides is 1. The van der Waals surface area contributed by atoms with Crippen molar-refractivity contribution in [2.24, 2.45) is 0 Å². The summed E-state index contributed by atoms with van der Waals surface area (Å²) in [5.74, 6) is -0.139. The zero-order valence-corrected chi connectivity index (χ0v) is 11.0. The third-order valence-electron chi connectivity index (χ3n) is 2.94. The summed E-state index contributed by atoms with van der Waals surface area (Å²) >= 11 is 0. The Hall–Kier alpha value is -1.14. The van der Waals surface area contributed by atoms with Gasteiger partial charge in [0.25, 0.3) is 0 Å². The fourth-order valence-electron chi connectivity index (χ4n) is 2.12. The summed E-state index contributed by atoms with van der Waals surface area (Å²) in [6.45, 7) is 6.65. The lowest BCUT2D eigenvalue weighted by Gasteiger charge is -2.33. The van der Waals surface area contributed by atoms with Crippen molar-refractivity contribution in [1.29, 1.82) is 0 Å². The van der Waals surface area contributed by atoms with Crippen LogP contribution >= 0.6 is 0 Å². The predicted octanol–water partition coefficient (Wildman–Crippen LogP) is -0.650. The highest BCUT2D eigenvalue weighted by atomic mass is 16.5. The molecule has 0 aromatic heterocycles. The molecule has 6 heteroatoms. The summed E-state index contributed by atoms with van der Waals surface area (Å²) in [6, 6.07) is 0.178. The van der Waals surface area contributed by atoms with Crippen molar-refractivity contribution in [1.82, 2.24) is 15.5 Å². The van der Waals surface area contributed by atoms with E-state index in [1.54, 1.807) is 0 Å². The first-order valence-corrected chi connectivity index (χ1v) is 6.54. The summed E-state index contributed by atoms with van der Waals surface area (Å²) in [7, 11) is 0. The molecule has 2 N–H and O–H groups in total. The van der Waals surface area contributed by atoms with E-state index < -0.39 is 0 Å². The maximum absolute atomic E-state index is 11.4. The predicted molar refractivity (Wildman–Crippen MR) is 68.2 cm³/mol. The molecule has 1 amide bonds. The molecular weight excluding hydrogens is 234 g/mol. The van der Waals surface area contributed by atoms with Crippen molar-refractivity contribution < 1.29 is 14.3 Å². The Morgan fingerprint density at radius 3 is 3.17 bits per heavy atom. The van der Waals surface area contributed by atoms with Crippen molar-refractivity contribution in [2.75, 3.05) is 39.3 Å². The summed E-state index contributed by atoms with van der Waals surface area (Å²) in [4.78, 5) is 23.8. The summed E-state index contributed by atoms with van der Waals surface area (Å²) in [6.07, 6.45) is 2.09. The van der Waals surface area contributed by atoms with E-state index in [-0.39, 0.29) is 12.0 Å². The Bertz CT molecular complexity index is 261. The first-order chi connectivity index (χ1) is 8.76. The Morgan fingerprint density at radius 2 is 2.44 bits per heavy atom. The molecule has 0 radical (unpaired) electrons. The highest BCUT2D eigenvalue weighted by molar-refractivity contribution is 5.70. The zero-order valence-electron chi connectivity index (χ0n) is 11.0. The molecule has 1 unspecified atom stereocenters. The number of carbonyl (C=O) groups excluding carboxylic acids is 2. The van der Waals surface area contributed by atoms with Crippen LogP contribution < -0.4 is 10.6 Å². The van der Waals surface area contributed by atoms with E-state index in [1.807, 2.05) is 6.92 Å². The van der Waals surface area contributed by atoms with E-state index in [0.717, 1.165) is 39.0 Å². The van der Waals surface area contributed by atoms with Crippen molar-refractivity contribution in [3.63, 3.8) is 0 Å². The molecule has 0 aliphatic carbocycles. The molecule has 1 rings (SSSR count). The minimum atomic E-state index is -0.139. The third-order valence-corrected chi connectivity index (χ3v) is 2.94. The van der Waals surface area contributed by atoms with Crippen LogP contribution in [-0.4, -0.2) is 62.7 Å². The van der Waals surface area contributed by atoms with Gasteiger partial charge < -0.3 is 20.3 Å². The first kappa shape index (κ1) is 14.9. The molecule has 0 aromatic carbocycles. The monoisotopic (exact) mass is 257 g/mol. The fraction of sp³-hybridized carbons (Fsp3) is 0.833. The number of nitrogens with zero attached hydrogens (tertiary/aromatic N) is 1. The Morgan fingerprint density at radius 1 is 1.61 bits per heavy atom. The van der Waals surface area contributed by atoms with Gasteiger partial charge in [0.05, 0.1) is 13.0 Å². The highest BCUT2D eigenvalue weighted by Crippen LogP contribution is 2.04. The van der Waals surface area contributed by atoms with Crippen molar-refractivity contribution >= 4 is 12.4 Å². The van der Waals surface area contributed by atoms with Crippen molar-refractivity contribution in [3.05, 3.63) is 0 Å². The van der Waals surface area contributed by atoms with Gasteiger partial charge in [0.15, 0.2) is 0 Å². The Kier molecular flexibility index (Phi) is 7.36. The molecule has 0 bridgehead atoms. The normalized spacial score (nSPS) is 20.4. The molecule has 18 heavy (non-hydrogen) atoms. The molecule has 104 valence electrons. The van der Waals surface area contributed by atoms with Crippen LogP contribution in [0.2, 0.25) is 0 Å². The molecule has 0 aromatic rings. The first-order valence-electron chi connectivity index (χ1n) is 6.54. The maximum atomic E-state index is 11.4. The van der Waals surface area contributed by atoms with E-state index >= 15 is 0 Å². The fourth-order valence-corrected chi connectivity index (χ4v) is 2.12. The standard InChI is InChI=1S/C12H23N3O3/c1-2-18-12(17)8-11-9-15(7-5-14-11)6-3-4-13-10-16/h10-11,14H,2-9H2,1H3,(H,13,16). The van der Waals surface area contributed by atoms with Gasteiger partial charge in [-0.05, 0) is 19.9 Å². The average molecular weight is 257 g/mol. The zero-order chi connectivity index (χ0) is 13.2. The van der Waals surface area contributed by atoms with E-state index in [4.69, 9.17) is 4.74 Å². The largest absolute Gasteiger partial charge is 0.466 e. The highest BCUT2D eigenvalue weighted by Gasteiger charge is 2.21. The molecule has 1 atom stereocenters. The van der Waals surface area contributed by atoms with Gasteiger partial charge in [0, 0.05) is 32.2 Å². The Labute approximate surface area is 108 Å². The molecule has 1 saturated heterocycles. The molecule has 1 aliphatic rings. The second-order valence-electron chi connectivity index (χ2n) is 4.39. The second-order valence-corrected chi connectivity index (χ2v) is 4.39. The minimum Gasteiger partial charge on any atom is -0.466 e. The number of hydrogen-bond acceptors (Lipinski definition) is 5. The molecule has 0 spiro atoms. The van der Waals surface area contributed by atoms with Gasteiger partial charge in [0.2, 0.25) is 6.41 Å². The number of carbonyl (C=O) groups is 2. The summed E-state index contributed by atoms with van der Waals surface area (Å²) < 4.78 is 4.95. The lowest BCUT2D eigenvalue weighted by molar-refractivity contribution is -0.144. The number of piperazine rings is 1. The van der Waals surface area contributed by atoms with Crippen LogP contribution in [0.3, 0.4) is 0 Å². The molecular formula is C12H23N3O3. The van der Waals surface area contributed by atoms with E-state index in [0.29, 0.717) is 19.6 Å². The average Bonchev–Trinajstić information content (AvgIpc) is 2.35. The van der Waals surface area contributed by atoms with Crippen LogP contribution in [0.4, 0.5) is 0 Å². The van der Waals surface area contributed by atoms with Gasteiger partial charge in [-0.25, -0.2) is 0 Å². The van der Waals surface area contributed by atoms with Crippen LogP contribution in [0.1, 0.15) is 19.8 Å². The topological polar surface area (TPSA) is 70.7 Å². The summed E-state index contributed by atoms with van der Waals surface area (Å²) in [5, 5.41) is 5.98. The molecule has 1 heterocycles. The van der Waals surface area contributed by atoms with Gasteiger partial charge in [-0.15, -0.1) is 0 Å². The van der Waals surface area contributed by atoms with E-state index in [1.165, 1.54) is 0 Å². The van der Waals surface area contributed by atoms with E-state index in [2.05, 4.69) is 15.5 Å². The van der Waals surface area contributed by atoms with Crippen LogP contribution in [0.5, 0.6) is 0 Å². The van der Waals surface area contributed by atoms with Crippen molar-refractivity contribution in [2.45, 2.75) is 25.8 Å². The molecule has 1 aliphatic heterocycles.